The second-order valence-electron chi connectivity index (χ2n) is 5.11. The van der Waals surface area contributed by atoms with Crippen molar-refractivity contribution in [3.05, 3.63) is 30.1 Å². The average molecular weight is 316 g/mol. The van der Waals surface area contributed by atoms with Crippen molar-refractivity contribution in [1.29, 1.82) is 0 Å². The molecular weight excluding hydrogens is 295 g/mol. The molecule has 1 saturated heterocycles. The van der Waals surface area contributed by atoms with Crippen LogP contribution in [0, 0.1) is 5.82 Å². The second-order valence-corrected chi connectivity index (χ2v) is 7.05. The Labute approximate surface area is 124 Å². The molecule has 0 spiro atoms. The Morgan fingerprint density at radius 1 is 1.43 bits per heavy atom. The van der Waals surface area contributed by atoms with Crippen molar-refractivity contribution in [3.63, 3.8) is 0 Å². The van der Waals surface area contributed by atoms with Gasteiger partial charge in [0.1, 0.15) is 5.82 Å². The summed E-state index contributed by atoms with van der Waals surface area (Å²) in [5.41, 5.74) is 5.81. The third kappa shape index (κ3) is 4.39. The monoisotopic (exact) mass is 316 g/mol. The minimum absolute atomic E-state index is 0.0753. The molecule has 1 aromatic carbocycles. The van der Waals surface area contributed by atoms with Crippen LogP contribution in [0.5, 0.6) is 0 Å². The summed E-state index contributed by atoms with van der Waals surface area (Å²) in [7, 11) is -3.56. The maximum absolute atomic E-state index is 13.4. The molecule has 0 aliphatic carbocycles. The Morgan fingerprint density at radius 3 is 2.86 bits per heavy atom. The highest BCUT2D eigenvalue weighted by Crippen LogP contribution is 2.23. The molecular formula is C14H21FN2O3S. The first-order valence-corrected chi connectivity index (χ1v) is 8.71. The number of hydrogen-bond acceptors (Lipinski definition) is 4. The van der Waals surface area contributed by atoms with Gasteiger partial charge in [-0.05, 0) is 44.0 Å². The van der Waals surface area contributed by atoms with Crippen molar-refractivity contribution < 1.29 is 17.5 Å². The van der Waals surface area contributed by atoms with E-state index in [1.165, 1.54) is 22.5 Å². The number of nitrogens with two attached hydrogens (primary N) is 1. The number of nitrogens with zero attached hydrogens (tertiary/aromatic N) is 1. The Hall–Kier alpha value is -1.18. The van der Waals surface area contributed by atoms with Gasteiger partial charge in [-0.15, -0.1) is 0 Å². The van der Waals surface area contributed by atoms with Crippen molar-refractivity contribution in [2.24, 2.45) is 5.73 Å². The Morgan fingerprint density at radius 2 is 2.24 bits per heavy atom. The van der Waals surface area contributed by atoms with E-state index in [-0.39, 0.29) is 18.4 Å². The zero-order valence-corrected chi connectivity index (χ0v) is 12.7. The van der Waals surface area contributed by atoms with Gasteiger partial charge >= 0.3 is 0 Å². The molecule has 0 saturated carbocycles. The van der Waals surface area contributed by atoms with Crippen LogP contribution < -0.4 is 10.0 Å². The van der Waals surface area contributed by atoms with E-state index in [9.17, 15) is 12.8 Å². The van der Waals surface area contributed by atoms with Gasteiger partial charge in [0.25, 0.3) is 0 Å². The lowest BCUT2D eigenvalue weighted by molar-refractivity contribution is 0.127. The number of anilines is 1. The maximum Gasteiger partial charge on any atom is 0.237 e. The summed E-state index contributed by atoms with van der Waals surface area (Å²) in [6.45, 7) is 1.22. The van der Waals surface area contributed by atoms with E-state index < -0.39 is 15.8 Å². The van der Waals surface area contributed by atoms with Crippen LogP contribution in [-0.4, -0.2) is 40.0 Å². The molecule has 1 atom stereocenters. The molecule has 118 valence electrons. The molecule has 1 aliphatic rings. The molecule has 1 aromatic rings. The lowest BCUT2D eigenvalue weighted by atomic mass is 10.3. The third-order valence-corrected chi connectivity index (χ3v) is 5.28. The number of halogens is 1. The Kier molecular flexibility index (Phi) is 5.55. The molecule has 0 aromatic heterocycles. The molecule has 2 rings (SSSR count). The van der Waals surface area contributed by atoms with Crippen molar-refractivity contribution in [1.82, 2.24) is 0 Å². The fraction of sp³-hybridized carbons (Fsp3) is 0.571. The van der Waals surface area contributed by atoms with E-state index in [0.29, 0.717) is 25.3 Å². The predicted molar refractivity (Wildman–Crippen MR) is 80.2 cm³/mol. The van der Waals surface area contributed by atoms with E-state index in [0.717, 1.165) is 12.8 Å². The Bertz CT molecular complexity index is 559. The molecule has 0 bridgehead atoms. The molecule has 21 heavy (non-hydrogen) atoms. The van der Waals surface area contributed by atoms with Gasteiger partial charge in [-0.2, -0.15) is 0 Å². The molecule has 1 fully saturated rings. The summed E-state index contributed by atoms with van der Waals surface area (Å²) in [4.78, 5) is 0. The summed E-state index contributed by atoms with van der Waals surface area (Å²) in [6.07, 6.45) is 1.86. The van der Waals surface area contributed by atoms with E-state index >= 15 is 0 Å². The zero-order chi connectivity index (χ0) is 15.3. The first-order valence-electron chi connectivity index (χ1n) is 7.10. The first-order chi connectivity index (χ1) is 10.0. The van der Waals surface area contributed by atoms with Crippen LogP contribution in [-0.2, 0) is 14.8 Å². The molecule has 1 aliphatic heterocycles. The molecule has 5 nitrogen and oxygen atoms in total. The highest BCUT2D eigenvalue weighted by Gasteiger charge is 2.28. The summed E-state index contributed by atoms with van der Waals surface area (Å²) in [5, 5.41) is 0. The zero-order valence-electron chi connectivity index (χ0n) is 11.9. The topological polar surface area (TPSA) is 72.6 Å². The number of sulfonamides is 1. The van der Waals surface area contributed by atoms with Crippen molar-refractivity contribution in [2.45, 2.75) is 25.4 Å². The van der Waals surface area contributed by atoms with Crippen LogP contribution in [0.1, 0.15) is 19.3 Å². The average Bonchev–Trinajstić information content (AvgIpc) is 2.91. The summed E-state index contributed by atoms with van der Waals surface area (Å²) < 4.78 is 45.2. The molecule has 1 heterocycles. The molecule has 0 amide bonds. The summed E-state index contributed by atoms with van der Waals surface area (Å²) in [6, 6.07) is 5.61. The summed E-state index contributed by atoms with van der Waals surface area (Å²) in [5.74, 6) is -0.536. The predicted octanol–water partition coefficient (Wildman–Crippen LogP) is 1.49. The first kappa shape index (κ1) is 16.2. The van der Waals surface area contributed by atoms with Crippen LogP contribution in [0.15, 0.2) is 24.3 Å². The van der Waals surface area contributed by atoms with Crippen molar-refractivity contribution in [2.75, 3.05) is 29.8 Å². The van der Waals surface area contributed by atoms with Crippen LogP contribution in [0.2, 0.25) is 0 Å². The van der Waals surface area contributed by atoms with E-state index in [1.54, 1.807) is 6.07 Å². The number of benzene rings is 1. The largest absolute Gasteiger partial charge is 0.377 e. The standard InChI is InChI=1S/C14H21FN2O3S/c15-12-4-1-5-13(10-12)17(8-3-7-16)21(18,19)11-14-6-2-9-20-14/h1,4-5,10,14H,2-3,6-9,11,16H2. The van der Waals surface area contributed by atoms with E-state index in [1.807, 2.05) is 0 Å². The van der Waals surface area contributed by atoms with Crippen molar-refractivity contribution >= 4 is 15.7 Å². The quantitative estimate of drug-likeness (QED) is 0.827. The molecule has 0 radical (unpaired) electrons. The van der Waals surface area contributed by atoms with Crippen LogP contribution in [0.25, 0.3) is 0 Å². The van der Waals surface area contributed by atoms with Crippen LogP contribution in [0.4, 0.5) is 10.1 Å². The fourth-order valence-corrected chi connectivity index (χ4v) is 4.15. The van der Waals surface area contributed by atoms with Gasteiger partial charge in [-0.1, -0.05) is 6.07 Å². The molecule has 7 heteroatoms. The lowest BCUT2D eigenvalue weighted by Crippen LogP contribution is -2.38. The molecule has 1 unspecified atom stereocenters. The smallest absolute Gasteiger partial charge is 0.237 e. The van der Waals surface area contributed by atoms with Gasteiger partial charge in [0.2, 0.25) is 10.0 Å². The number of hydrogen-bond donors (Lipinski definition) is 1. The number of rotatable bonds is 7. The minimum atomic E-state index is -3.56. The lowest BCUT2D eigenvalue weighted by Gasteiger charge is -2.25. The van der Waals surface area contributed by atoms with Gasteiger partial charge in [0.15, 0.2) is 0 Å². The van der Waals surface area contributed by atoms with E-state index in [4.69, 9.17) is 10.5 Å². The van der Waals surface area contributed by atoms with Gasteiger partial charge in [0.05, 0.1) is 17.5 Å². The fourth-order valence-electron chi connectivity index (χ4n) is 2.40. The van der Waals surface area contributed by atoms with Gasteiger partial charge in [-0.25, -0.2) is 12.8 Å². The SMILES string of the molecule is NCCCN(c1cccc(F)c1)S(=O)(=O)CC1CCCO1. The second kappa shape index (κ2) is 7.20. The third-order valence-electron chi connectivity index (χ3n) is 3.42. The normalized spacial score (nSPS) is 18.9. The van der Waals surface area contributed by atoms with Crippen molar-refractivity contribution in [3.8, 4) is 0 Å². The Balaban J connectivity index is 2.21. The van der Waals surface area contributed by atoms with Crippen LogP contribution in [0.3, 0.4) is 0 Å². The summed E-state index contributed by atoms with van der Waals surface area (Å²) >= 11 is 0. The highest BCUT2D eigenvalue weighted by molar-refractivity contribution is 7.92. The van der Waals surface area contributed by atoms with Crippen LogP contribution >= 0.6 is 0 Å². The minimum Gasteiger partial charge on any atom is -0.377 e. The highest BCUT2D eigenvalue weighted by atomic mass is 32.2. The van der Waals surface area contributed by atoms with E-state index in [2.05, 4.69) is 0 Å². The van der Waals surface area contributed by atoms with Gasteiger partial charge in [0, 0.05) is 13.2 Å². The molecule has 2 N–H and O–H groups in total. The van der Waals surface area contributed by atoms with Gasteiger partial charge < -0.3 is 10.5 Å². The van der Waals surface area contributed by atoms with Gasteiger partial charge in [-0.3, -0.25) is 4.31 Å². The number of ether oxygens (including phenoxy) is 1. The maximum atomic E-state index is 13.4.